The maximum atomic E-state index is 13.4. The third-order valence-corrected chi connectivity index (χ3v) is 4.17. The molecule has 0 bridgehead atoms. The van der Waals surface area contributed by atoms with Gasteiger partial charge in [-0.05, 0) is 38.8 Å². The van der Waals surface area contributed by atoms with E-state index in [1.54, 1.807) is 21.0 Å². The number of rotatable bonds is 7. The second-order valence-corrected chi connectivity index (χ2v) is 6.47. The number of halogens is 2. The first-order valence-electron chi connectivity index (χ1n) is 8.27. The lowest BCUT2D eigenvalue weighted by molar-refractivity contribution is -0.132. The Morgan fingerprint density at radius 1 is 1.27 bits per heavy atom. The van der Waals surface area contributed by atoms with Crippen molar-refractivity contribution in [2.24, 2.45) is 0 Å². The van der Waals surface area contributed by atoms with Crippen molar-refractivity contribution in [1.29, 1.82) is 0 Å². The summed E-state index contributed by atoms with van der Waals surface area (Å²) in [6.45, 7) is 4.07. The van der Waals surface area contributed by atoms with Crippen LogP contribution < -0.4 is 9.64 Å². The third-order valence-electron chi connectivity index (χ3n) is 4.17. The zero-order chi connectivity index (χ0) is 19.5. The monoisotopic (exact) mass is 371 g/mol. The Balaban J connectivity index is 2.49. The van der Waals surface area contributed by atoms with Crippen molar-refractivity contribution in [3.8, 4) is 5.75 Å². The quantitative estimate of drug-likeness (QED) is 0.543. The van der Waals surface area contributed by atoms with E-state index in [0.29, 0.717) is 19.6 Å². The molecule has 0 saturated carbocycles. The number of carbonyl (C=O) groups excluding carboxylic acids is 2. The van der Waals surface area contributed by atoms with Crippen LogP contribution in [-0.4, -0.2) is 44.8 Å². The number of anilines is 1. The van der Waals surface area contributed by atoms with E-state index in [2.05, 4.69) is 4.74 Å². The van der Waals surface area contributed by atoms with Crippen LogP contribution in [0.2, 0.25) is 0 Å². The maximum Gasteiger partial charge on any atom is 0.338 e. The number of ether oxygens (including phenoxy) is 3. The highest BCUT2D eigenvalue weighted by molar-refractivity contribution is 6.04. The molecule has 0 fully saturated rings. The number of carbonyl (C=O) groups is 2. The van der Waals surface area contributed by atoms with Crippen LogP contribution in [0.4, 0.5) is 14.5 Å². The number of methoxy groups -OCH3 is 2. The van der Waals surface area contributed by atoms with Gasteiger partial charge < -0.3 is 19.1 Å². The van der Waals surface area contributed by atoms with Crippen LogP contribution in [0.1, 0.15) is 49.0 Å². The topological polar surface area (TPSA) is 65.1 Å². The summed E-state index contributed by atoms with van der Waals surface area (Å²) >= 11 is 0. The molecule has 0 atom stereocenters. The first-order valence-corrected chi connectivity index (χ1v) is 8.27. The molecule has 0 saturated heterocycles. The Hall–Kier alpha value is -2.22. The predicted octanol–water partition coefficient (Wildman–Crippen LogP) is 3.34. The fourth-order valence-corrected chi connectivity index (χ4v) is 2.84. The van der Waals surface area contributed by atoms with E-state index in [4.69, 9.17) is 9.47 Å². The number of fused-ring (bicyclic) bond motifs is 1. The molecule has 1 heterocycles. The summed E-state index contributed by atoms with van der Waals surface area (Å²) < 4.78 is 42.0. The smallest absolute Gasteiger partial charge is 0.338 e. The van der Waals surface area contributed by atoms with Crippen molar-refractivity contribution in [2.75, 3.05) is 32.3 Å². The molecule has 0 radical (unpaired) electrons. The maximum absolute atomic E-state index is 13.4. The Morgan fingerprint density at radius 3 is 2.54 bits per heavy atom. The van der Waals surface area contributed by atoms with E-state index in [0.717, 1.165) is 19.6 Å². The third kappa shape index (κ3) is 3.95. The number of benzene rings is 1. The van der Waals surface area contributed by atoms with Gasteiger partial charge in [-0.1, -0.05) is 0 Å². The summed E-state index contributed by atoms with van der Waals surface area (Å²) in [5.74, 6) is -1.05. The molecule has 144 valence electrons. The molecule has 2 rings (SSSR count). The molecule has 1 aromatic carbocycles. The average molecular weight is 371 g/mol. The Bertz CT molecular complexity index is 690. The van der Waals surface area contributed by atoms with Crippen LogP contribution in [0.25, 0.3) is 0 Å². The lowest BCUT2D eigenvalue weighted by Gasteiger charge is -2.39. The molecule has 0 spiro atoms. The molecule has 0 aromatic heterocycles. The SMILES string of the molecule is COCCCCN1C(=O)C(C)(C)Oc2cc(C(F)F)c(C(=O)OC)cc21. The highest BCUT2D eigenvalue weighted by Crippen LogP contribution is 2.42. The number of alkyl halides is 2. The van der Waals surface area contributed by atoms with Crippen LogP contribution in [-0.2, 0) is 14.3 Å². The van der Waals surface area contributed by atoms with Crippen molar-refractivity contribution < 1.29 is 32.6 Å². The second-order valence-electron chi connectivity index (χ2n) is 6.47. The van der Waals surface area contributed by atoms with E-state index in [9.17, 15) is 18.4 Å². The molecular weight excluding hydrogens is 348 g/mol. The Labute approximate surface area is 151 Å². The van der Waals surface area contributed by atoms with Gasteiger partial charge in [-0.15, -0.1) is 0 Å². The molecule has 1 aliphatic heterocycles. The number of hydrogen-bond donors (Lipinski definition) is 0. The Kier molecular flexibility index (Phi) is 6.17. The molecule has 8 heteroatoms. The molecule has 1 aromatic rings. The van der Waals surface area contributed by atoms with Crippen molar-refractivity contribution in [2.45, 2.75) is 38.7 Å². The zero-order valence-electron chi connectivity index (χ0n) is 15.3. The second kappa shape index (κ2) is 7.99. The van der Waals surface area contributed by atoms with Gasteiger partial charge in [0.25, 0.3) is 12.3 Å². The molecule has 0 N–H and O–H groups in total. The van der Waals surface area contributed by atoms with Gasteiger partial charge >= 0.3 is 5.97 Å². The van der Waals surface area contributed by atoms with Gasteiger partial charge in [0.2, 0.25) is 0 Å². The summed E-state index contributed by atoms with van der Waals surface area (Å²) in [6.07, 6.45) is -1.50. The van der Waals surface area contributed by atoms with E-state index in [1.165, 1.54) is 11.0 Å². The lowest BCUT2D eigenvalue weighted by atomic mass is 9.99. The molecule has 1 amide bonds. The number of hydrogen-bond acceptors (Lipinski definition) is 5. The average Bonchev–Trinajstić information content (AvgIpc) is 2.59. The first kappa shape index (κ1) is 20.1. The van der Waals surface area contributed by atoms with Gasteiger partial charge in [0.05, 0.1) is 18.4 Å². The van der Waals surface area contributed by atoms with Crippen LogP contribution in [0, 0.1) is 0 Å². The van der Waals surface area contributed by atoms with Crippen molar-refractivity contribution in [3.05, 3.63) is 23.3 Å². The van der Waals surface area contributed by atoms with Crippen molar-refractivity contribution >= 4 is 17.6 Å². The number of nitrogens with zero attached hydrogens (tertiary/aromatic N) is 1. The summed E-state index contributed by atoms with van der Waals surface area (Å²) in [4.78, 5) is 26.1. The lowest BCUT2D eigenvalue weighted by Crippen LogP contribution is -2.52. The molecular formula is C18H23F2NO5. The summed E-state index contributed by atoms with van der Waals surface area (Å²) in [6, 6.07) is 2.36. The highest BCUT2D eigenvalue weighted by Gasteiger charge is 2.41. The van der Waals surface area contributed by atoms with Gasteiger partial charge in [0, 0.05) is 25.8 Å². The molecule has 1 aliphatic rings. The van der Waals surface area contributed by atoms with Gasteiger partial charge in [-0.2, -0.15) is 0 Å². The van der Waals surface area contributed by atoms with Crippen molar-refractivity contribution in [3.63, 3.8) is 0 Å². The van der Waals surface area contributed by atoms with E-state index < -0.39 is 23.6 Å². The zero-order valence-corrected chi connectivity index (χ0v) is 15.3. The van der Waals surface area contributed by atoms with Gasteiger partial charge in [0.15, 0.2) is 5.60 Å². The summed E-state index contributed by atoms with van der Waals surface area (Å²) in [5.41, 5.74) is -1.67. The molecule has 26 heavy (non-hydrogen) atoms. The van der Waals surface area contributed by atoms with Crippen LogP contribution in [0.5, 0.6) is 5.75 Å². The van der Waals surface area contributed by atoms with Gasteiger partial charge in [-0.25, -0.2) is 13.6 Å². The van der Waals surface area contributed by atoms with Crippen LogP contribution in [0.3, 0.4) is 0 Å². The van der Waals surface area contributed by atoms with E-state index in [-0.39, 0.29) is 22.9 Å². The minimum Gasteiger partial charge on any atom is -0.476 e. The van der Waals surface area contributed by atoms with Gasteiger partial charge in [0.1, 0.15) is 5.75 Å². The number of unbranched alkanes of at least 4 members (excludes halogenated alkanes) is 1. The van der Waals surface area contributed by atoms with Crippen LogP contribution in [0.15, 0.2) is 12.1 Å². The molecule has 6 nitrogen and oxygen atoms in total. The highest BCUT2D eigenvalue weighted by atomic mass is 19.3. The van der Waals surface area contributed by atoms with Crippen molar-refractivity contribution in [1.82, 2.24) is 0 Å². The fraction of sp³-hybridized carbons (Fsp3) is 0.556. The fourth-order valence-electron chi connectivity index (χ4n) is 2.84. The molecule has 0 aliphatic carbocycles. The van der Waals surface area contributed by atoms with E-state index >= 15 is 0 Å². The number of amides is 1. The summed E-state index contributed by atoms with van der Waals surface area (Å²) in [7, 11) is 2.71. The first-order chi connectivity index (χ1) is 12.2. The summed E-state index contributed by atoms with van der Waals surface area (Å²) in [5, 5.41) is 0. The minimum atomic E-state index is -2.88. The van der Waals surface area contributed by atoms with E-state index in [1.807, 2.05) is 0 Å². The predicted molar refractivity (Wildman–Crippen MR) is 90.9 cm³/mol. The van der Waals surface area contributed by atoms with Gasteiger partial charge in [-0.3, -0.25) is 4.79 Å². The number of esters is 1. The van der Waals surface area contributed by atoms with Crippen LogP contribution >= 0.6 is 0 Å². The standard InChI is InChI=1S/C18H23F2NO5/c1-18(2)17(23)21(7-5-6-8-24-3)13-9-12(16(22)25-4)11(15(19)20)10-14(13)26-18/h9-10,15H,5-8H2,1-4H3. The Morgan fingerprint density at radius 2 is 1.96 bits per heavy atom. The largest absolute Gasteiger partial charge is 0.476 e. The molecule has 0 unspecified atom stereocenters. The minimum absolute atomic E-state index is 0.143. The normalized spacial score (nSPS) is 15.7.